The van der Waals surface area contributed by atoms with Gasteiger partial charge >= 0.3 is 0 Å². The molecule has 0 radical (unpaired) electrons. The highest BCUT2D eigenvalue weighted by Crippen LogP contribution is 2.33. The number of para-hydroxylation sites is 1. The smallest absolute Gasteiger partial charge is 0.296 e. The molecule has 5 rings (SSSR count). The van der Waals surface area contributed by atoms with Crippen LogP contribution < -0.4 is 4.90 Å². The second-order valence-electron chi connectivity index (χ2n) is 6.76. The van der Waals surface area contributed by atoms with E-state index >= 15 is 0 Å². The van der Waals surface area contributed by atoms with Gasteiger partial charge in [0, 0.05) is 11.5 Å². The molecule has 0 unspecified atom stereocenters. The van der Waals surface area contributed by atoms with Crippen molar-refractivity contribution in [3.8, 4) is 0 Å². The Bertz CT molecular complexity index is 1350. The molecule has 4 nitrogen and oxygen atoms in total. The Morgan fingerprint density at radius 3 is 2.57 bits per heavy atom. The summed E-state index contributed by atoms with van der Waals surface area (Å²) in [4.78, 5) is 19.1. The number of benzene rings is 3. The number of anilines is 1. The van der Waals surface area contributed by atoms with Crippen molar-refractivity contribution in [1.82, 2.24) is 4.98 Å². The minimum atomic E-state index is -0.761. The normalized spacial score (nSPS) is 11.3. The summed E-state index contributed by atoms with van der Waals surface area (Å²) in [6.07, 6.45) is 0. The third kappa shape index (κ3) is 3.33. The van der Waals surface area contributed by atoms with Gasteiger partial charge in [0.2, 0.25) is 0 Å². The van der Waals surface area contributed by atoms with Gasteiger partial charge in [-0.15, -0.1) is 0 Å². The van der Waals surface area contributed by atoms with Crippen LogP contribution in [0.4, 0.5) is 13.9 Å². The zero-order valence-corrected chi connectivity index (χ0v) is 16.3. The highest BCUT2D eigenvalue weighted by molar-refractivity contribution is 7.22. The lowest BCUT2D eigenvalue weighted by Crippen LogP contribution is -2.30. The molecule has 0 aliphatic carbocycles. The Hall–Kier alpha value is -3.58. The van der Waals surface area contributed by atoms with Crippen LogP contribution in [0.25, 0.3) is 21.2 Å². The Kier molecular flexibility index (Phi) is 4.52. The number of halogens is 2. The molecule has 0 saturated carbocycles. The molecule has 0 aliphatic heterocycles. The van der Waals surface area contributed by atoms with Gasteiger partial charge in [0.1, 0.15) is 16.9 Å². The van der Waals surface area contributed by atoms with E-state index in [-0.39, 0.29) is 23.0 Å². The Labute approximate surface area is 174 Å². The van der Waals surface area contributed by atoms with Gasteiger partial charge in [0.05, 0.1) is 11.2 Å². The largest absolute Gasteiger partial charge is 0.451 e. The number of carbonyl (C=O) groups is 1. The van der Waals surface area contributed by atoms with E-state index in [1.54, 1.807) is 12.1 Å². The second kappa shape index (κ2) is 7.35. The number of aromatic nitrogens is 1. The van der Waals surface area contributed by atoms with E-state index in [1.165, 1.54) is 11.0 Å². The number of rotatable bonds is 4. The molecule has 0 saturated heterocycles. The summed E-state index contributed by atoms with van der Waals surface area (Å²) in [5.74, 6) is -1.70. The quantitative estimate of drug-likeness (QED) is 0.349. The first-order chi connectivity index (χ1) is 14.6. The first kappa shape index (κ1) is 18.4. The van der Waals surface area contributed by atoms with Crippen LogP contribution in [-0.2, 0) is 6.54 Å². The van der Waals surface area contributed by atoms with Gasteiger partial charge in [-0.2, -0.15) is 0 Å². The number of nitrogens with zero attached hydrogens (tertiary/aromatic N) is 2. The molecule has 2 aromatic heterocycles. The Balaban J connectivity index is 1.61. The van der Waals surface area contributed by atoms with Crippen molar-refractivity contribution in [2.24, 2.45) is 0 Å². The first-order valence-corrected chi connectivity index (χ1v) is 10.00. The minimum Gasteiger partial charge on any atom is -0.451 e. The van der Waals surface area contributed by atoms with Gasteiger partial charge < -0.3 is 4.42 Å². The molecule has 0 atom stereocenters. The number of fused-ring (bicyclic) bond motifs is 2. The van der Waals surface area contributed by atoms with E-state index in [1.807, 2.05) is 48.5 Å². The lowest BCUT2D eigenvalue weighted by Gasteiger charge is -2.18. The zero-order chi connectivity index (χ0) is 20.7. The molecule has 7 heteroatoms. The number of hydrogen-bond donors (Lipinski definition) is 0. The van der Waals surface area contributed by atoms with Crippen LogP contribution in [0.2, 0.25) is 0 Å². The van der Waals surface area contributed by atoms with Crippen LogP contribution in [0.1, 0.15) is 16.1 Å². The van der Waals surface area contributed by atoms with Crippen LogP contribution in [0.3, 0.4) is 0 Å². The van der Waals surface area contributed by atoms with Crippen LogP contribution in [0.5, 0.6) is 0 Å². The number of hydrogen-bond acceptors (Lipinski definition) is 4. The maximum Gasteiger partial charge on any atom is 0.296 e. The van der Waals surface area contributed by atoms with E-state index < -0.39 is 17.5 Å². The molecule has 0 spiro atoms. The third-order valence-corrected chi connectivity index (χ3v) is 5.72. The van der Waals surface area contributed by atoms with Crippen molar-refractivity contribution in [3.63, 3.8) is 0 Å². The summed E-state index contributed by atoms with van der Waals surface area (Å²) in [6.45, 7) is 0.209. The summed E-state index contributed by atoms with van der Waals surface area (Å²) in [5.41, 5.74) is 1.50. The van der Waals surface area contributed by atoms with Crippen molar-refractivity contribution in [1.29, 1.82) is 0 Å². The summed E-state index contributed by atoms with van der Waals surface area (Å²) in [6, 6.07) is 20.4. The molecule has 3 aromatic carbocycles. The standard InChI is InChI=1S/C23H14F2N2O2S/c24-16-11-17(25)21-20(12-16)30-23(26-21)27(13-14-6-2-1-3-7-14)22(28)19-10-15-8-4-5-9-18(15)29-19/h1-12H,13H2. The van der Waals surface area contributed by atoms with E-state index in [2.05, 4.69) is 4.98 Å². The lowest BCUT2D eigenvalue weighted by atomic mass is 10.2. The van der Waals surface area contributed by atoms with Gasteiger partial charge in [0.25, 0.3) is 5.91 Å². The van der Waals surface area contributed by atoms with Crippen molar-refractivity contribution in [2.75, 3.05) is 4.90 Å². The van der Waals surface area contributed by atoms with Gasteiger partial charge in [-0.3, -0.25) is 9.69 Å². The maximum absolute atomic E-state index is 14.2. The van der Waals surface area contributed by atoms with E-state index in [4.69, 9.17) is 4.42 Å². The number of furan rings is 1. The summed E-state index contributed by atoms with van der Waals surface area (Å²) in [7, 11) is 0. The highest BCUT2D eigenvalue weighted by Gasteiger charge is 2.25. The molecule has 5 aromatic rings. The molecular formula is C23H14F2N2O2S. The molecule has 0 bridgehead atoms. The van der Waals surface area contributed by atoms with Crippen LogP contribution in [0, 0.1) is 11.6 Å². The van der Waals surface area contributed by atoms with Crippen LogP contribution in [-0.4, -0.2) is 10.9 Å². The average molecular weight is 420 g/mol. The highest BCUT2D eigenvalue weighted by atomic mass is 32.1. The Morgan fingerprint density at radius 2 is 1.77 bits per heavy atom. The van der Waals surface area contributed by atoms with E-state index in [0.717, 1.165) is 28.4 Å². The SMILES string of the molecule is O=C(c1cc2ccccc2o1)N(Cc1ccccc1)c1nc2c(F)cc(F)cc2s1. The van der Waals surface area contributed by atoms with Crippen molar-refractivity contribution < 1.29 is 18.0 Å². The topological polar surface area (TPSA) is 46.3 Å². The van der Waals surface area contributed by atoms with Gasteiger partial charge in [-0.25, -0.2) is 13.8 Å². The van der Waals surface area contributed by atoms with E-state index in [9.17, 15) is 13.6 Å². The van der Waals surface area contributed by atoms with Gasteiger partial charge in [-0.1, -0.05) is 59.9 Å². The second-order valence-corrected chi connectivity index (χ2v) is 7.77. The van der Waals surface area contributed by atoms with E-state index in [0.29, 0.717) is 10.3 Å². The molecule has 0 N–H and O–H groups in total. The Morgan fingerprint density at radius 1 is 1.00 bits per heavy atom. The van der Waals surface area contributed by atoms with Gasteiger partial charge in [0.15, 0.2) is 16.7 Å². The molecule has 2 heterocycles. The van der Waals surface area contributed by atoms with Crippen molar-refractivity contribution in [2.45, 2.75) is 6.54 Å². The lowest BCUT2D eigenvalue weighted by molar-refractivity contribution is 0.0960. The fourth-order valence-electron chi connectivity index (χ4n) is 3.27. The fraction of sp³-hybridized carbons (Fsp3) is 0.0435. The van der Waals surface area contributed by atoms with Crippen LogP contribution in [0.15, 0.2) is 77.2 Å². The molecule has 30 heavy (non-hydrogen) atoms. The first-order valence-electron chi connectivity index (χ1n) is 9.18. The number of amides is 1. The maximum atomic E-state index is 14.2. The third-order valence-electron chi connectivity index (χ3n) is 4.70. The summed E-state index contributed by atoms with van der Waals surface area (Å²) >= 11 is 1.06. The number of carbonyl (C=O) groups excluding carboxylic acids is 1. The number of thiazole rings is 1. The van der Waals surface area contributed by atoms with Gasteiger partial charge in [-0.05, 0) is 23.8 Å². The summed E-state index contributed by atoms with van der Waals surface area (Å²) < 4.78 is 33.9. The molecule has 148 valence electrons. The monoisotopic (exact) mass is 420 g/mol. The van der Waals surface area contributed by atoms with Crippen molar-refractivity contribution >= 4 is 43.6 Å². The predicted molar refractivity (Wildman–Crippen MR) is 113 cm³/mol. The molecular weight excluding hydrogens is 406 g/mol. The zero-order valence-electron chi connectivity index (χ0n) is 15.5. The minimum absolute atomic E-state index is 0.0341. The average Bonchev–Trinajstić information content (AvgIpc) is 3.36. The van der Waals surface area contributed by atoms with Crippen molar-refractivity contribution in [3.05, 3.63) is 95.8 Å². The fourth-order valence-corrected chi connectivity index (χ4v) is 4.28. The van der Waals surface area contributed by atoms with Crippen LogP contribution >= 0.6 is 11.3 Å². The predicted octanol–water partition coefficient (Wildman–Crippen LogP) is 6.17. The molecule has 1 amide bonds. The molecule has 0 fully saturated rings. The summed E-state index contributed by atoms with van der Waals surface area (Å²) in [5, 5.41) is 1.07. The molecule has 0 aliphatic rings.